The summed E-state index contributed by atoms with van der Waals surface area (Å²) in [6, 6.07) is 3.46. The van der Waals surface area contributed by atoms with Gasteiger partial charge in [-0.25, -0.2) is 4.39 Å². The predicted octanol–water partition coefficient (Wildman–Crippen LogP) is 3.10. The summed E-state index contributed by atoms with van der Waals surface area (Å²) in [7, 11) is 0. The lowest BCUT2D eigenvalue weighted by molar-refractivity contribution is -0.148. The summed E-state index contributed by atoms with van der Waals surface area (Å²) in [5.74, 6) is -2.08. The molecule has 2 N–H and O–H groups in total. The number of hydrogen-bond donors (Lipinski definition) is 2. The summed E-state index contributed by atoms with van der Waals surface area (Å²) in [6.07, 6.45) is 1.75. The van der Waals surface area contributed by atoms with Crippen LogP contribution in [0.3, 0.4) is 0 Å². The second-order valence-corrected chi connectivity index (χ2v) is 6.29. The van der Waals surface area contributed by atoms with Crippen molar-refractivity contribution in [3.05, 3.63) is 34.6 Å². The van der Waals surface area contributed by atoms with E-state index in [9.17, 15) is 19.1 Å². The highest BCUT2D eigenvalue weighted by molar-refractivity contribution is 6.34. The maximum Gasteiger partial charge on any atom is 0.311 e. The fourth-order valence-corrected chi connectivity index (χ4v) is 2.56. The first kappa shape index (κ1) is 15.8. The molecule has 0 radical (unpaired) electrons. The summed E-state index contributed by atoms with van der Waals surface area (Å²) >= 11 is 5.79. The first-order chi connectivity index (χ1) is 9.75. The Kier molecular flexibility index (Phi) is 4.23. The van der Waals surface area contributed by atoms with Crippen molar-refractivity contribution >= 4 is 23.5 Å². The molecule has 114 valence electrons. The maximum absolute atomic E-state index is 13.4. The molecule has 1 atom stereocenters. The van der Waals surface area contributed by atoms with Gasteiger partial charge in [0.1, 0.15) is 5.82 Å². The third-order valence-electron chi connectivity index (χ3n) is 3.90. The van der Waals surface area contributed by atoms with E-state index in [1.807, 2.05) is 0 Å². The molecule has 1 aromatic carbocycles. The van der Waals surface area contributed by atoms with E-state index < -0.39 is 29.2 Å². The standard InChI is InChI=1S/C15H17ClFNO3/c1-15(2,14(20)21)12(8-6-7-8)18-13(19)9-4-3-5-10(17)11(9)16/h3-5,8,12H,6-7H2,1-2H3,(H,18,19)(H,20,21). The van der Waals surface area contributed by atoms with Crippen LogP contribution >= 0.6 is 11.6 Å². The molecule has 4 nitrogen and oxygen atoms in total. The summed E-state index contributed by atoms with van der Waals surface area (Å²) < 4.78 is 13.4. The Bertz CT molecular complexity index is 584. The average molecular weight is 314 g/mol. The van der Waals surface area contributed by atoms with E-state index >= 15 is 0 Å². The number of hydrogen-bond acceptors (Lipinski definition) is 2. The van der Waals surface area contributed by atoms with Gasteiger partial charge in [-0.05, 0) is 44.7 Å². The number of carboxylic acids is 1. The Morgan fingerprint density at radius 2 is 2.05 bits per heavy atom. The van der Waals surface area contributed by atoms with E-state index in [0.29, 0.717) is 0 Å². The van der Waals surface area contributed by atoms with Crippen LogP contribution < -0.4 is 5.32 Å². The van der Waals surface area contributed by atoms with Gasteiger partial charge in [0.2, 0.25) is 0 Å². The first-order valence-electron chi connectivity index (χ1n) is 6.73. The smallest absolute Gasteiger partial charge is 0.311 e. The Labute approximate surface area is 127 Å². The molecule has 2 rings (SSSR count). The Balaban J connectivity index is 2.23. The SMILES string of the molecule is CC(C)(C(=O)O)C(NC(=O)c1cccc(F)c1Cl)C1CC1. The second kappa shape index (κ2) is 5.64. The van der Waals surface area contributed by atoms with Crippen LogP contribution in [0.25, 0.3) is 0 Å². The number of carboxylic acid groups (broad SMARTS) is 1. The zero-order valence-electron chi connectivity index (χ0n) is 11.8. The molecule has 1 unspecified atom stereocenters. The molecule has 0 aromatic heterocycles. The van der Waals surface area contributed by atoms with Gasteiger partial charge in [0.25, 0.3) is 5.91 Å². The van der Waals surface area contributed by atoms with E-state index in [-0.39, 0.29) is 16.5 Å². The van der Waals surface area contributed by atoms with Gasteiger partial charge < -0.3 is 10.4 Å². The van der Waals surface area contributed by atoms with Gasteiger partial charge in [-0.3, -0.25) is 9.59 Å². The predicted molar refractivity (Wildman–Crippen MR) is 76.8 cm³/mol. The second-order valence-electron chi connectivity index (χ2n) is 5.92. The summed E-state index contributed by atoms with van der Waals surface area (Å²) in [5, 5.41) is 11.8. The molecular weight excluding hydrogens is 297 g/mol. The Hall–Kier alpha value is -1.62. The maximum atomic E-state index is 13.4. The lowest BCUT2D eigenvalue weighted by atomic mass is 9.81. The minimum atomic E-state index is -1.10. The zero-order valence-corrected chi connectivity index (χ0v) is 12.6. The van der Waals surface area contributed by atoms with Crippen molar-refractivity contribution in [2.24, 2.45) is 11.3 Å². The molecule has 6 heteroatoms. The number of aliphatic carboxylic acids is 1. The quantitative estimate of drug-likeness (QED) is 0.878. The van der Waals surface area contributed by atoms with Crippen LogP contribution in [0, 0.1) is 17.2 Å². The molecule has 0 saturated heterocycles. The van der Waals surface area contributed by atoms with E-state index in [1.165, 1.54) is 18.2 Å². The molecule has 0 aliphatic heterocycles. The minimum Gasteiger partial charge on any atom is -0.481 e. The van der Waals surface area contributed by atoms with Crippen LogP contribution in [0.15, 0.2) is 18.2 Å². The van der Waals surface area contributed by atoms with Crippen molar-refractivity contribution in [3.8, 4) is 0 Å². The van der Waals surface area contributed by atoms with Crippen LogP contribution in [0.2, 0.25) is 5.02 Å². The average Bonchev–Trinajstić information content (AvgIpc) is 3.22. The van der Waals surface area contributed by atoms with E-state index in [2.05, 4.69) is 5.32 Å². The number of benzene rings is 1. The van der Waals surface area contributed by atoms with Gasteiger partial charge in [0, 0.05) is 6.04 Å². The van der Waals surface area contributed by atoms with Crippen LogP contribution in [0.1, 0.15) is 37.0 Å². The number of carbonyl (C=O) groups is 2. The third kappa shape index (κ3) is 3.18. The number of rotatable bonds is 5. The highest BCUT2D eigenvalue weighted by atomic mass is 35.5. The van der Waals surface area contributed by atoms with E-state index in [0.717, 1.165) is 12.8 Å². The van der Waals surface area contributed by atoms with Gasteiger partial charge in [-0.15, -0.1) is 0 Å². The largest absolute Gasteiger partial charge is 0.481 e. The first-order valence-corrected chi connectivity index (χ1v) is 7.11. The highest BCUT2D eigenvalue weighted by Gasteiger charge is 2.46. The number of halogens is 2. The summed E-state index contributed by atoms with van der Waals surface area (Å²) in [4.78, 5) is 23.7. The molecule has 0 bridgehead atoms. The van der Waals surface area contributed by atoms with Crippen molar-refractivity contribution < 1.29 is 19.1 Å². The van der Waals surface area contributed by atoms with Crippen molar-refractivity contribution in [2.45, 2.75) is 32.7 Å². The van der Waals surface area contributed by atoms with Crippen LogP contribution in [0.5, 0.6) is 0 Å². The van der Waals surface area contributed by atoms with E-state index in [1.54, 1.807) is 13.8 Å². The van der Waals surface area contributed by atoms with Crippen LogP contribution in [-0.4, -0.2) is 23.0 Å². The number of carbonyl (C=O) groups excluding carboxylic acids is 1. The molecule has 1 saturated carbocycles. The number of amides is 1. The van der Waals surface area contributed by atoms with Crippen molar-refractivity contribution in [3.63, 3.8) is 0 Å². The molecule has 1 amide bonds. The third-order valence-corrected chi connectivity index (χ3v) is 4.29. The van der Waals surface area contributed by atoms with Crippen LogP contribution in [-0.2, 0) is 4.79 Å². The molecule has 0 heterocycles. The van der Waals surface area contributed by atoms with Gasteiger partial charge in [-0.1, -0.05) is 17.7 Å². The van der Waals surface area contributed by atoms with Gasteiger partial charge in [0.15, 0.2) is 0 Å². The summed E-state index contributed by atoms with van der Waals surface area (Å²) in [6.45, 7) is 3.15. The normalized spacial score (nSPS) is 16.4. The lowest BCUT2D eigenvalue weighted by Crippen LogP contribution is -2.50. The molecule has 1 aliphatic rings. The van der Waals surface area contributed by atoms with Gasteiger partial charge in [-0.2, -0.15) is 0 Å². The van der Waals surface area contributed by atoms with Crippen LogP contribution in [0.4, 0.5) is 4.39 Å². The summed E-state index contributed by atoms with van der Waals surface area (Å²) in [5.41, 5.74) is -1.08. The topological polar surface area (TPSA) is 66.4 Å². The van der Waals surface area contributed by atoms with Crippen molar-refractivity contribution in [2.75, 3.05) is 0 Å². The van der Waals surface area contributed by atoms with Gasteiger partial charge in [0.05, 0.1) is 16.0 Å². The van der Waals surface area contributed by atoms with Crippen molar-refractivity contribution in [1.29, 1.82) is 0 Å². The Morgan fingerprint density at radius 1 is 1.43 bits per heavy atom. The zero-order chi connectivity index (χ0) is 15.8. The Morgan fingerprint density at radius 3 is 2.57 bits per heavy atom. The molecule has 21 heavy (non-hydrogen) atoms. The monoisotopic (exact) mass is 313 g/mol. The van der Waals surface area contributed by atoms with Gasteiger partial charge >= 0.3 is 5.97 Å². The number of nitrogens with one attached hydrogen (secondary N) is 1. The molecule has 1 aromatic rings. The molecule has 1 aliphatic carbocycles. The van der Waals surface area contributed by atoms with E-state index in [4.69, 9.17) is 11.6 Å². The lowest BCUT2D eigenvalue weighted by Gasteiger charge is -2.31. The fraction of sp³-hybridized carbons (Fsp3) is 0.467. The molecule has 1 fully saturated rings. The highest BCUT2D eigenvalue weighted by Crippen LogP contribution is 2.41. The fourth-order valence-electron chi connectivity index (χ4n) is 2.35. The molecular formula is C15H17ClFNO3. The minimum absolute atomic E-state index is 0.0171. The molecule has 0 spiro atoms. The van der Waals surface area contributed by atoms with Crippen molar-refractivity contribution in [1.82, 2.24) is 5.32 Å².